The van der Waals surface area contributed by atoms with Crippen LogP contribution < -0.4 is 0 Å². The minimum absolute atomic E-state index is 0.199. The van der Waals surface area contributed by atoms with Crippen molar-refractivity contribution in [3.05, 3.63) is 0 Å². The van der Waals surface area contributed by atoms with Crippen LogP contribution in [0.3, 0.4) is 0 Å². The highest BCUT2D eigenvalue weighted by Gasteiger charge is 2.28. The maximum Gasteiger partial charge on any atom is 0.119 e. The molecule has 60 valence electrons. The van der Waals surface area contributed by atoms with Gasteiger partial charge in [-0.15, -0.1) is 0 Å². The monoisotopic (exact) mass is 254 g/mol. The zero-order valence-corrected chi connectivity index (χ0v) is 8.69. The van der Waals surface area contributed by atoms with Gasteiger partial charge >= 0.3 is 0 Å². The molecule has 2 heteroatoms. The summed E-state index contributed by atoms with van der Waals surface area (Å²) in [5, 5.41) is 0. The Labute approximate surface area is 76.7 Å². The summed E-state index contributed by atoms with van der Waals surface area (Å²) in [6.07, 6.45) is 6.60. The summed E-state index contributed by atoms with van der Waals surface area (Å²) in [5.41, 5.74) is 0. The Morgan fingerprint density at radius 2 is 1.90 bits per heavy atom. The summed E-state index contributed by atoms with van der Waals surface area (Å²) >= 11 is 2.47. The second-order valence-electron chi connectivity index (χ2n) is 2.88. The van der Waals surface area contributed by atoms with Crippen LogP contribution in [0.25, 0.3) is 0 Å². The lowest BCUT2D eigenvalue weighted by Crippen LogP contribution is -2.27. The van der Waals surface area contributed by atoms with Gasteiger partial charge in [-0.2, -0.15) is 0 Å². The fourth-order valence-electron chi connectivity index (χ4n) is 1.48. The van der Waals surface area contributed by atoms with Crippen LogP contribution in [0.5, 0.6) is 0 Å². The smallest absolute Gasteiger partial charge is 0.119 e. The van der Waals surface area contributed by atoms with E-state index in [1.54, 1.807) is 0 Å². The first-order chi connectivity index (χ1) is 4.77. The van der Waals surface area contributed by atoms with Gasteiger partial charge < -0.3 is 4.74 Å². The lowest BCUT2D eigenvalue weighted by atomic mass is 9.98. The fraction of sp³-hybridized carbons (Fsp3) is 1.00. The molecule has 0 radical (unpaired) electrons. The van der Waals surface area contributed by atoms with Crippen molar-refractivity contribution in [3.63, 3.8) is 0 Å². The van der Waals surface area contributed by atoms with Crippen LogP contribution in [0.1, 0.15) is 39.0 Å². The minimum Gasteiger partial charge on any atom is -0.365 e. The standard InChI is InChI=1S/C8H15IO/c1-2-10-8(9)6-4-3-5-7-8/h2-7H2,1H3. The Morgan fingerprint density at radius 3 is 2.40 bits per heavy atom. The molecule has 0 saturated heterocycles. The molecule has 0 aromatic rings. The first-order valence-electron chi connectivity index (χ1n) is 4.10. The average molecular weight is 254 g/mol. The van der Waals surface area contributed by atoms with E-state index < -0.39 is 0 Å². The van der Waals surface area contributed by atoms with Gasteiger partial charge in [0.15, 0.2) is 0 Å². The molecule has 0 heterocycles. The van der Waals surface area contributed by atoms with Gasteiger partial charge in [0.2, 0.25) is 0 Å². The van der Waals surface area contributed by atoms with Crippen LogP contribution in [0.2, 0.25) is 0 Å². The maximum atomic E-state index is 5.66. The molecule has 0 spiro atoms. The van der Waals surface area contributed by atoms with Crippen LogP contribution in [0.4, 0.5) is 0 Å². The molecule has 0 N–H and O–H groups in total. The molecule has 1 saturated carbocycles. The van der Waals surface area contributed by atoms with Gasteiger partial charge in [0, 0.05) is 6.61 Å². The first-order valence-corrected chi connectivity index (χ1v) is 5.17. The average Bonchev–Trinajstić information content (AvgIpc) is 1.89. The van der Waals surface area contributed by atoms with Crippen LogP contribution >= 0.6 is 22.6 Å². The van der Waals surface area contributed by atoms with Gasteiger partial charge in [0.1, 0.15) is 3.61 Å². The third-order valence-corrected chi connectivity index (χ3v) is 3.39. The van der Waals surface area contributed by atoms with Gasteiger partial charge in [-0.05, 0) is 55.2 Å². The summed E-state index contributed by atoms with van der Waals surface area (Å²) in [7, 11) is 0. The fourth-order valence-corrected chi connectivity index (χ4v) is 2.56. The second-order valence-corrected chi connectivity index (χ2v) is 4.84. The molecule has 1 aliphatic rings. The number of alkyl halides is 1. The van der Waals surface area contributed by atoms with E-state index in [9.17, 15) is 0 Å². The van der Waals surface area contributed by atoms with E-state index in [4.69, 9.17) is 4.74 Å². The van der Waals surface area contributed by atoms with E-state index in [1.807, 2.05) is 0 Å². The highest BCUT2D eigenvalue weighted by atomic mass is 127. The van der Waals surface area contributed by atoms with Crippen LogP contribution in [0, 0.1) is 0 Å². The zero-order valence-electron chi connectivity index (χ0n) is 6.53. The zero-order chi connectivity index (χ0) is 7.45. The predicted octanol–water partition coefficient (Wildman–Crippen LogP) is 3.12. The normalized spacial score (nSPS) is 24.6. The molecule has 0 aliphatic heterocycles. The summed E-state index contributed by atoms with van der Waals surface area (Å²) in [5.74, 6) is 0. The highest BCUT2D eigenvalue weighted by molar-refractivity contribution is 14.1. The van der Waals surface area contributed by atoms with Crippen molar-refractivity contribution < 1.29 is 4.74 Å². The molecular weight excluding hydrogens is 239 g/mol. The van der Waals surface area contributed by atoms with Crippen molar-refractivity contribution >= 4 is 22.6 Å². The summed E-state index contributed by atoms with van der Waals surface area (Å²) in [6, 6.07) is 0. The first kappa shape index (κ1) is 8.78. The van der Waals surface area contributed by atoms with Crippen LogP contribution in [-0.4, -0.2) is 10.2 Å². The molecule has 0 amide bonds. The summed E-state index contributed by atoms with van der Waals surface area (Å²) in [4.78, 5) is 0. The molecule has 0 bridgehead atoms. The Balaban J connectivity index is 2.32. The van der Waals surface area contributed by atoms with Crippen molar-refractivity contribution in [1.82, 2.24) is 0 Å². The molecule has 0 aromatic heterocycles. The van der Waals surface area contributed by atoms with E-state index in [1.165, 1.54) is 32.1 Å². The number of hydrogen-bond acceptors (Lipinski definition) is 1. The van der Waals surface area contributed by atoms with E-state index in [2.05, 4.69) is 29.5 Å². The summed E-state index contributed by atoms with van der Waals surface area (Å²) in [6.45, 7) is 2.94. The number of hydrogen-bond donors (Lipinski definition) is 0. The van der Waals surface area contributed by atoms with Gasteiger partial charge in [0.25, 0.3) is 0 Å². The molecule has 1 aliphatic carbocycles. The molecule has 10 heavy (non-hydrogen) atoms. The number of ether oxygens (including phenoxy) is 1. The predicted molar refractivity (Wildman–Crippen MR) is 51.5 cm³/mol. The third kappa shape index (κ3) is 2.38. The molecule has 1 rings (SSSR count). The van der Waals surface area contributed by atoms with Gasteiger partial charge in [-0.1, -0.05) is 6.42 Å². The Bertz CT molecular complexity index is 91.9. The highest BCUT2D eigenvalue weighted by Crippen LogP contribution is 2.37. The SMILES string of the molecule is CCOC1(I)CCCCC1. The van der Waals surface area contributed by atoms with Crippen LogP contribution in [-0.2, 0) is 4.74 Å². The molecule has 0 unspecified atom stereocenters. The molecule has 1 fully saturated rings. The lowest BCUT2D eigenvalue weighted by molar-refractivity contribution is 0.0225. The van der Waals surface area contributed by atoms with Gasteiger partial charge in [0.05, 0.1) is 0 Å². The minimum atomic E-state index is 0.199. The van der Waals surface area contributed by atoms with E-state index in [-0.39, 0.29) is 3.61 Å². The van der Waals surface area contributed by atoms with E-state index >= 15 is 0 Å². The number of halogens is 1. The summed E-state index contributed by atoms with van der Waals surface area (Å²) < 4.78 is 5.86. The van der Waals surface area contributed by atoms with Crippen molar-refractivity contribution in [2.75, 3.05) is 6.61 Å². The number of rotatable bonds is 2. The van der Waals surface area contributed by atoms with Crippen molar-refractivity contribution in [2.24, 2.45) is 0 Å². The van der Waals surface area contributed by atoms with E-state index in [0.29, 0.717) is 0 Å². The molecule has 0 aromatic carbocycles. The molecule has 0 atom stereocenters. The second kappa shape index (κ2) is 3.90. The Kier molecular flexibility index (Phi) is 3.43. The van der Waals surface area contributed by atoms with Crippen molar-refractivity contribution in [2.45, 2.75) is 42.6 Å². The Morgan fingerprint density at radius 1 is 1.30 bits per heavy atom. The topological polar surface area (TPSA) is 9.23 Å². The maximum absolute atomic E-state index is 5.66. The van der Waals surface area contributed by atoms with Gasteiger partial charge in [-0.25, -0.2) is 0 Å². The molecular formula is C8H15IO. The third-order valence-electron chi connectivity index (χ3n) is 2.00. The largest absolute Gasteiger partial charge is 0.365 e. The van der Waals surface area contributed by atoms with Gasteiger partial charge in [-0.3, -0.25) is 0 Å². The Hall–Kier alpha value is 0.690. The van der Waals surface area contributed by atoms with Crippen LogP contribution in [0.15, 0.2) is 0 Å². The van der Waals surface area contributed by atoms with E-state index in [0.717, 1.165) is 6.61 Å². The molecule has 1 nitrogen and oxygen atoms in total. The van der Waals surface area contributed by atoms with Crippen molar-refractivity contribution in [1.29, 1.82) is 0 Å². The quantitative estimate of drug-likeness (QED) is 0.543. The van der Waals surface area contributed by atoms with Crippen molar-refractivity contribution in [3.8, 4) is 0 Å². The lowest BCUT2D eigenvalue weighted by Gasteiger charge is -2.31.